The van der Waals surface area contributed by atoms with Gasteiger partial charge in [-0.2, -0.15) is 0 Å². The number of carboxylic acid groups (broad SMARTS) is 1. The van der Waals surface area contributed by atoms with Crippen molar-refractivity contribution in [2.24, 2.45) is 5.73 Å². The zero-order valence-corrected chi connectivity index (χ0v) is 13.0. The van der Waals surface area contributed by atoms with Gasteiger partial charge in [0.15, 0.2) is 0 Å². The fraction of sp³-hybridized carbons (Fsp3) is 0.923. The lowest BCUT2D eigenvalue weighted by Gasteiger charge is -2.15. The van der Waals surface area contributed by atoms with Gasteiger partial charge >= 0.3 is 6.09 Å². The third-order valence-electron chi connectivity index (χ3n) is 2.61. The van der Waals surface area contributed by atoms with Crippen molar-refractivity contribution < 1.29 is 33.2 Å². The summed E-state index contributed by atoms with van der Waals surface area (Å²) in [7, 11) is 0. The maximum atomic E-state index is 13.0. The van der Waals surface area contributed by atoms with E-state index in [1.54, 1.807) is 6.92 Å². The summed E-state index contributed by atoms with van der Waals surface area (Å²) in [6, 6.07) is 0. The number of hydrogen-bond donors (Lipinski definition) is 3. The van der Waals surface area contributed by atoms with E-state index in [2.05, 4.69) is 5.32 Å². The first-order chi connectivity index (χ1) is 10.6. The molecule has 0 aromatic heterocycles. The largest absolute Gasteiger partial charge is 0.465 e. The van der Waals surface area contributed by atoms with Crippen molar-refractivity contribution >= 4 is 6.09 Å². The third-order valence-corrected chi connectivity index (χ3v) is 2.61. The number of rotatable bonds is 15. The van der Waals surface area contributed by atoms with Crippen molar-refractivity contribution in [1.82, 2.24) is 5.32 Å². The number of amides is 1. The van der Waals surface area contributed by atoms with E-state index in [9.17, 15) is 9.18 Å². The van der Waals surface area contributed by atoms with Crippen molar-refractivity contribution in [1.29, 1.82) is 0 Å². The summed E-state index contributed by atoms with van der Waals surface area (Å²) in [4.78, 5) is 10.1. The van der Waals surface area contributed by atoms with E-state index >= 15 is 0 Å². The lowest BCUT2D eigenvalue weighted by molar-refractivity contribution is -0.0324. The molecule has 4 N–H and O–H groups in total. The van der Waals surface area contributed by atoms with E-state index in [1.165, 1.54) is 0 Å². The van der Waals surface area contributed by atoms with Gasteiger partial charge in [0.25, 0.3) is 0 Å². The lowest BCUT2D eigenvalue weighted by Crippen LogP contribution is -2.30. The maximum Gasteiger partial charge on any atom is 0.404 e. The number of nitrogens with one attached hydrogen (secondary N) is 1. The van der Waals surface area contributed by atoms with Gasteiger partial charge in [-0.15, -0.1) is 0 Å². The van der Waals surface area contributed by atoms with Crippen LogP contribution >= 0.6 is 0 Å². The van der Waals surface area contributed by atoms with E-state index < -0.39 is 18.4 Å². The summed E-state index contributed by atoms with van der Waals surface area (Å²) in [5.41, 5.74) is 5.18. The molecule has 0 saturated carbocycles. The molecule has 0 aromatic carbocycles. The summed E-state index contributed by atoms with van der Waals surface area (Å²) >= 11 is 0. The highest BCUT2D eigenvalue weighted by Crippen LogP contribution is 2.01. The molecule has 0 aliphatic heterocycles. The lowest BCUT2D eigenvalue weighted by atomic mass is 10.2. The molecule has 22 heavy (non-hydrogen) atoms. The van der Waals surface area contributed by atoms with Crippen LogP contribution in [-0.2, 0) is 18.9 Å². The zero-order valence-electron chi connectivity index (χ0n) is 13.0. The predicted octanol–water partition coefficient (Wildman–Crippen LogP) is 0.00570. The number of hydrogen-bond acceptors (Lipinski definition) is 6. The van der Waals surface area contributed by atoms with Gasteiger partial charge in [0.05, 0.1) is 52.4 Å². The van der Waals surface area contributed by atoms with E-state index in [-0.39, 0.29) is 13.1 Å². The van der Waals surface area contributed by atoms with Gasteiger partial charge in [0.1, 0.15) is 6.17 Å². The molecule has 0 aromatic rings. The quantitative estimate of drug-likeness (QED) is 0.363. The molecule has 0 saturated heterocycles. The number of ether oxygens (including phenoxy) is 4. The monoisotopic (exact) mass is 326 g/mol. The van der Waals surface area contributed by atoms with Gasteiger partial charge in [-0.05, 0) is 6.92 Å². The molecule has 0 spiro atoms. The molecular weight excluding hydrogens is 299 g/mol. The Morgan fingerprint density at radius 1 is 1.09 bits per heavy atom. The minimum atomic E-state index is -1.16. The van der Waals surface area contributed by atoms with Crippen molar-refractivity contribution in [3.8, 4) is 0 Å². The molecule has 0 aliphatic rings. The fourth-order valence-electron chi connectivity index (χ4n) is 1.36. The normalized spacial score (nSPS) is 13.8. The van der Waals surface area contributed by atoms with Crippen molar-refractivity contribution in [2.75, 3.05) is 59.3 Å². The summed E-state index contributed by atoms with van der Waals surface area (Å²) in [6.07, 6.45) is -2.76. The Morgan fingerprint density at radius 2 is 1.59 bits per heavy atom. The average molecular weight is 326 g/mol. The average Bonchev–Trinajstić information content (AvgIpc) is 2.50. The third kappa shape index (κ3) is 14.0. The van der Waals surface area contributed by atoms with Crippen LogP contribution in [0.5, 0.6) is 0 Å². The molecule has 2 unspecified atom stereocenters. The Balaban J connectivity index is 3.13. The van der Waals surface area contributed by atoms with Gasteiger partial charge in [-0.1, -0.05) is 0 Å². The number of nitrogens with two attached hydrogens (primary N) is 1. The molecule has 1 amide bonds. The van der Waals surface area contributed by atoms with Gasteiger partial charge in [0, 0.05) is 13.1 Å². The standard InChI is InChI=1S/C13H27FN2O6/c1-11(12(14)10-15)22-9-8-21-7-6-20-5-4-19-3-2-16-13(17)18/h11-12,16H,2-10,15H2,1H3,(H,17,18). The molecule has 0 rings (SSSR count). The molecule has 9 heteroatoms. The second kappa shape index (κ2) is 14.9. The molecule has 0 fully saturated rings. The molecule has 0 radical (unpaired) electrons. The zero-order chi connectivity index (χ0) is 16.6. The van der Waals surface area contributed by atoms with Gasteiger partial charge < -0.3 is 35.1 Å². The summed E-state index contributed by atoms with van der Waals surface area (Å²) in [6.45, 7) is 4.43. The van der Waals surface area contributed by atoms with Gasteiger partial charge in [0.2, 0.25) is 0 Å². The number of carbonyl (C=O) groups is 1. The number of halogens is 1. The van der Waals surface area contributed by atoms with Gasteiger partial charge in [-0.3, -0.25) is 0 Å². The first kappa shape index (κ1) is 21.0. The molecule has 0 heterocycles. The van der Waals surface area contributed by atoms with Crippen LogP contribution in [0.2, 0.25) is 0 Å². The number of alkyl halides is 1. The highest BCUT2D eigenvalue weighted by atomic mass is 19.1. The van der Waals surface area contributed by atoms with Crippen molar-refractivity contribution in [3.05, 3.63) is 0 Å². The Hall–Kier alpha value is -1.00. The van der Waals surface area contributed by atoms with E-state index in [0.29, 0.717) is 46.2 Å². The summed E-state index contributed by atoms with van der Waals surface area (Å²) in [5, 5.41) is 10.5. The van der Waals surface area contributed by atoms with Crippen LogP contribution in [0.25, 0.3) is 0 Å². The first-order valence-corrected chi connectivity index (χ1v) is 7.23. The minimum absolute atomic E-state index is 0.0513. The Labute approximate surface area is 130 Å². The molecular formula is C13H27FN2O6. The molecule has 0 aliphatic carbocycles. The second-order valence-electron chi connectivity index (χ2n) is 4.40. The van der Waals surface area contributed by atoms with Crippen molar-refractivity contribution in [2.45, 2.75) is 19.2 Å². The Bertz CT molecular complexity index is 273. The SMILES string of the molecule is CC(OCCOCCOCCOCCNC(=O)O)C(F)CN. The smallest absolute Gasteiger partial charge is 0.404 e. The van der Waals surface area contributed by atoms with Crippen molar-refractivity contribution in [3.63, 3.8) is 0 Å². The van der Waals surface area contributed by atoms with Crippen LogP contribution in [0.4, 0.5) is 9.18 Å². The highest BCUT2D eigenvalue weighted by molar-refractivity contribution is 5.64. The Morgan fingerprint density at radius 3 is 2.09 bits per heavy atom. The molecule has 2 atom stereocenters. The second-order valence-corrected chi connectivity index (χ2v) is 4.40. The minimum Gasteiger partial charge on any atom is -0.465 e. The maximum absolute atomic E-state index is 13.0. The van der Waals surface area contributed by atoms with E-state index in [0.717, 1.165) is 0 Å². The Kier molecular flexibility index (Phi) is 14.2. The van der Waals surface area contributed by atoms with E-state index in [1.807, 2.05) is 0 Å². The molecule has 8 nitrogen and oxygen atoms in total. The predicted molar refractivity (Wildman–Crippen MR) is 77.8 cm³/mol. The fourth-order valence-corrected chi connectivity index (χ4v) is 1.36. The van der Waals surface area contributed by atoms with Crippen LogP contribution in [0.1, 0.15) is 6.92 Å². The molecule has 0 bridgehead atoms. The van der Waals surface area contributed by atoms with Gasteiger partial charge in [-0.25, -0.2) is 9.18 Å². The summed E-state index contributed by atoms with van der Waals surface area (Å²) < 4.78 is 33.9. The van der Waals surface area contributed by atoms with Crippen LogP contribution in [0.3, 0.4) is 0 Å². The topological polar surface area (TPSA) is 112 Å². The van der Waals surface area contributed by atoms with Crippen LogP contribution in [-0.4, -0.2) is 82.8 Å². The summed E-state index contributed by atoms with van der Waals surface area (Å²) in [5.74, 6) is 0. The first-order valence-electron chi connectivity index (χ1n) is 7.23. The van der Waals surface area contributed by atoms with Crippen LogP contribution in [0.15, 0.2) is 0 Å². The highest BCUT2D eigenvalue weighted by Gasteiger charge is 2.14. The van der Waals surface area contributed by atoms with Crippen LogP contribution in [0, 0.1) is 0 Å². The van der Waals surface area contributed by atoms with E-state index in [4.69, 9.17) is 29.8 Å². The van der Waals surface area contributed by atoms with Crippen LogP contribution < -0.4 is 11.1 Å². The molecule has 132 valence electrons.